The monoisotopic (exact) mass is 389 g/mol. The molecule has 5 heterocycles. The summed E-state index contributed by atoms with van der Waals surface area (Å²) in [6.07, 6.45) is 10.3. The number of aryl methyl sites for hydroxylation is 2. The van der Waals surface area contributed by atoms with E-state index in [0.717, 1.165) is 59.0 Å². The second-order valence-electron chi connectivity index (χ2n) is 7.72. The smallest absolute Gasteiger partial charge is 0.222 e. The second kappa shape index (κ2) is 6.95. The number of hydrogen-bond acceptors (Lipinski definition) is 5. The summed E-state index contributed by atoms with van der Waals surface area (Å²) < 4.78 is 3.92. The molecular weight excluding hydrogens is 366 g/mol. The standard InChI is InChI=1S/C21H23N7O/c1-26-13-18-15(12-27(2)25-18)16-9-22-17-10-23-20(21(17)24-16)14-6-8-28(11-14)7-4-3-5-19(26)29/h6,8-9,11-12H,3-5,7,10,13H2,1-2H3. The molecule has 0 fully saturated rings. The number of fused-ring (bicyclic) bond motifs is 6. The van der Waals surface area contributed by atoms with Crippen LogP contribution in [0, 0.1) is 0 Å². The molecule has 148 valence electrons. The van der Waals surface area contributed by atoms with E-state index in [2.05, 4.69) is 33.1 Å². The van der Waals surface area contributed by atoms with Crippen molar-refractivity contribution in [2.24, 2.45) is 12.0 Å². The van der Waals surface area contributed by atoms with E-state index < -0.39 is 0 Å². The zero-order chi connectivity index (χ0) is 20.0. The highest BCUT2D eigenvalue weighted by Gasteiger charge is 2.24. The quantitative estimate of drug-likeness (QED) is 0.590. The Morgan fingerprint density at radius 1 is 1.10 bits per heavy atom. The summed E-state index contributed by atoms with van der Waals surface area (Å²) >= 11 is 0. The molecule has 0 unspecified atom stereocenters. The first-order valence-corrected chi connectivity index (χ1v) is 9.92. The first-order valence-electron chi connectivity index (χ1n) is 9.92. The summed E-state index contributed by atoms with van der Waals surface area (Å²) in [7, 11) is 3.72. The lowest BCUT2D eigenvalue weighted by Crippen LogP contribution is -2.26. The van der Waals surface area contributed by atoms with Crippen molar-refractivity contribution in [1.29, 1.82) is 0 Å². The van der Waals surface area contributed by atoms with Gasteiger partial charge < -0.3 is 9.47 Å². The molecule has 0 spiro atoms. The molecule has 0 saturated carbocycles. The van der Waals surface area contributed by atoms with Crippen molar-refractivity contribution >= 4 is 11.6 Å². The zero-order valence-electron chi connectivity index (χ0n) is 16.7. The van der Waals surface area contributed by atoms with E-state index in [1.54, 1.807) is 15.8 Å². The molecule has 3 aromatic rings. The molecular formula is C21H23N7O. The number of carbonyl (C=O) groups is 1. The maximum Gasteiger partial charge on any atom is 0.222 e. The van der Waals surface area contributed by atoms with Crippen LogP contribution in [0.15, 0.2) is 35.8 Å². The molecule has 1 amide bonds. The Bertz CT molecular complexity index is 1120. The van der Waals surface area contributed by atoms with Gasteiger partial charge >= 0.3 is 0 Å². The van der Waals surface area contributed by atoms with Crippen molar-refractivity contribution in [3.8, 4) is 11.3 Å². The fraction of sp³-hybridized carbons (Fsp3) is 0.381. The average Bonchev–Trinajstić information content (AvgIpc) is 3.42. The van der Waals surface area contributed by atoms with Crippen molar-refractivity contribution in [2.75, 3.05) is 7.05 Å². The van der Waals surface area contributed by atoms with Gasteiger partial charge in [-0.05, 0) is 18.9 Å². The summed E-state index contributed by atoms with van der Waals surface area (Å²) in [5.74, 6) is 0.136. The van der Waals surface area contributed by atoms with Crippen LogP contribution in [0.3, 0.4) is 0 Å². The SMILES string of the molecule is CN1Cc2nn(C)cc2-c2cnc3c(n2)C(=NC3)c2ccn(c2)CCCCC1=O. The van der Waals surface area contributed by atoms with Crippen LogP contribution in [-0.2, 0) is 31.5 Å². The van der Waals surface area contributed by atoms with Gasteiger partial charge in [0.2, 0.25) is 5.91 Å². The molecule has 0 saturated heterocycles. The number of nitrogens with zero attached hydrogens (tertiary/aromatic N) is 7. The fourth-order valence-corrected chi connectivity index (χ4v) is 3.97. The van der Waals surface area contributed by atoms with Crippen LogP contribution in [0.25, 0.3) is 11.3 Å². The summed E-state index contributed by atoms with van der Waals surface area (Å²) in [5.41, 5.74) is 6.18. The average molecular weight is 389 g/mol. The van der Waals surface area contributed by atoms with Crippen LogP contribution in [0.5, 0.6) is 0 Å². The normalized spacial score (nSPS) is 16.7. The lowest BCUT2D eigenvalue weighted by atomic mass is 10.1. The van der Waals surface area contributed by atoms with Crippen LogP contribution in [0.4, 0.5) is 0 Å². The van der Waals surface area contributed by atoms with E-state index in [-0.39, 0.29) is 5.91 Å². The van der Waals surface area contributed by atoms with E-state index in [1.165, 1.54) is 0 Å². The minimum atomic E-state index is 0.136. The van der Waals surface area contributed by atoms with Gasteiger partial charge in [0.1, 0.15) is 5.69 Å². The van der Waals surface area contributed by atoms with E-state index >= 15 is 0 Å². The molecule has 8 nitrogen and oxygen atoms in total. The van der Waals surface area contributed by atoms with Gasteiger partial charge in [0.05, 0.1) is 42.1 Å². The van der Waals surface area contributed by atoms with Gasteiger partial charge in [-0.1, -0.05) is 0 Å². The van der Waals surface area contributed by atoms with Gasteiger partial charge in [0.15, 0.2) is 0 Å². The molecule has 0 radical (unpaired) electrons. The molecule has 29 heavy (non-hydrogen) atoms. The topological polar surface area (TPSA) is 81.2 Å². The summed E-state index contributed by atoms with van der Waals surface area (Å²) in [6.45, 7) is 1.89. The van der Waals surface area contributed by atoms with Gasteiger partial charge in [-0.15, -0.1) is 0 Å². The van der Waals surface area contributed by atoms with Crippen LogP contribution in [-0.4, -0.2) is 47.9 Å². The van der Waals surface area contributed by atoms with Crippen LogP contribution < -0.4 is 0 Å². The van der Waals surface area contributed by atoms with Gasteiger partial charge in [-0.2, -0.15) is 5.10 Å². The lowest BCUT2D eigenvalue weighted by Gasteiger charge is -2.17. The summed E-state index contributed by atoms with van der Waals surface area (Å²) in [4.78, 5) is 28.6. The Morgan fingerprint density at radius 3 is 2.90 bits per heavy atom. The minimum absolute atomic E-state index is 0.136. The van der Waals surface area contributed by atoms with Gasteiger partial charge in [-0.25, -0.2) is 4.98 Å². The number of aromatic nitrogens is 5. The molecule has 3 aromatic heterocycles. The van der Waals surface area contributed by atoms with Crippen molar-refractivity contribution in [2.45, 2.75) is 38.9 Å². The number of aliphatic imine (C=N–C) groups is 1. The third-order valence-corrected chi connectivity index (χ3v) is 5.53. The molecule has 2 aliphatic rings. The van der Waals surface area contributed by atoms with Gasteiger partial charge in [-0.3, -0.25) is 19.5 Å². The van der Waals surface area contributed by atoms with Gasteiger partial charge in [0.25, 0.3) is 0 Å². The summed E-state index contributed by atoms with van der Waals surface area (Å²) in [6, 6.07) is 2.08. The molecule has 2 aliphatic heterocycles. The molecule has 8 heteroatoms. The molecule has 0 atom stereocenters. The first kappa shape index (κ1) is 17.8. The van der Waals surface area contributed by atoms with Crippen molar-refractivity contribution < 1.29 is 4.79 Å². The number of rotatable bonds is 0. The van der Waals surface area contributed by atoms with Crippen molar-refractivity contribution in [1.82, 2.24) is 29.2 Å². The Hall–Kier alpha value is -3.29. The number of amides is 1. The highest BCUT2D eigenvalue weighted by molar-refractivity contribution is 6.13. The second-order valence-corrected chi connectivity index (χ2v) is 7.72. The Labute approximate surface area is 168 Å². The van der Waals surface area contributed by atoms with Crippen LogP contribution in [0.1, 0.15) is 41.9 Å². The van der Waals surface area contributed by atoms with Gasteiger partial charge in [0, 0.05) is 56.8 Å². The minimum Gasteiger partial charge on any atom is -0.354 e. The maximum atomic E-state index is 12.6. The maximum absolute atomic E-state index is 12.6. The lowest BCUT2D eigenvalue weighted by molar-refractivity contribution is -0.130. The molecule has 0 N–H and O–H groups in total. The Morgan fingerprint density at radius 2 is 2.00 bits per heavy atom. The van der Waals surface area contributed by atoms with E-state index in [9.17, 15) is 4.79 Å². The van der Waals surface area contributed by atoms with Crippen LogP contribution in [0.2, 0.25) is 0 Å². The Balaban J connectivity index is 1.62. The number of carbonyl (C=O) groups excluding carboxylic acids is 1. The summed E-state index contributed by atoms with van der Waals surface area (Å²) in [5, 5.41) is 4.58. The first-order chi connectivity index (χ1) is 14.1. The third-order valence-electron chi connectivity index (χ3n) is 5.53. The fourth-order valence-electron chi connectivity index (χ4n) is 3.97. The molecule has 4 bridgehead atoms. The van der Waals surface area contributed by atoms with E-state index in [0.29, 0.717) is 19.5 Å². The van der Waals surface area contributed by atoms with Crippen LogP contribution >= 0.6 is 0 Å². The highest BCUT2D eigenvalue weighted by atomic mass is 16.2. The van der Waals surface area contributed by atoms with E-state index in [1.807, 2.05) is 20.3 Å². The predicted octanol–water partition coefficient (Wildman–Crippen LogP) is 2.17. The molecule has 0 aromatic carbocycles. The largest absolute Gasteiger partial charge is 0.354 e. The van der Waals surface area contributed by atoms with Crippen molar-refractivity contribution in [3.63, 3.8) is 0 Å². The molecule has 5 rings (SSSR count). The highest BCUT2D eigenvalue weighted by Crippen LogP contribution is 2.26. The van der Waals surface area contributed by atoms with E-state index in [4.69, 9.17) is 9.98 Å². The predicted molar refractivity (Wildman–Crippen MR) is 108 cm³/mol. The third kappa shape index (κ3) is 3.24. The number of hydrogen-bond donors (Lipinski definition) is 0. The Kier molecular flexibility index (Phi) is 4.26. The molecule has 0 aliphatic carbocycles. The van der Waals surface area contributed by atoms with Crippen molar-refractivity contribution in [3.05, 3.63) is 53.5 Å². The zero-order valence-corrected chi connectivity index (χ0v) is 16.7.